The van der Waals surface area contributed by atoms with Crippen molar-refractivity contribution in [1.29, 1.82) is 0 Å². The second-order valence-corrected chi connectivity index (χ2v) is 8.21. The maximum Gasteiger partial charge on any atom is 0.221 e. The molecule has 2 saturated carbocycles. The van der Waals surface area contributed by atoms with Crippen molar-refractivity contribution in [2.45, 2.75) is 88.8 Å². The molecule has 1 unspecified atom stereocenters. The molecular formula is C20H38IN5O. The van der Waals surface area contributed by atoms with E-state index < -0.39 is 0 Å². The van der Waals surface area contributed by atoms with Gasteiger partial charge in [0.05, 0.1) is 0 Å². The number of likely N-dealkylation sites (tertiary alicyclic amines) is 1. The summed E-state index contributed by atoms with van der Waals surface area (Å²) >= 11 is 0. The van der Waals surface area contributed by atoms with Gasteiger partial charge in [-0.25, -0.2) is 0 Å². The van der Waals surface area contributed by atoms with Gasteiger partial charge in [-0.05, 0) is 32.1 Å². The van der Waals surface area contributed by atoms with Crippen molar-refractivity contribution in [3.8, 4) is 0 Å². The minimum absolute atomic E-state index is 0. The molecule has 2 aliphatic carbocycles. The lowest BCUT2D eigenvalue weighted by atomic mass is 9.95. The number of rotatable bonds is 6. The zero-order valence-electron chi connectivity index (χ0n) is 16.8. The lowest BCUT2D eigenvalue weighted by Crippen LogP contribution is -2.46. The molecule has 3 fully saturated rings. The highest BCUT2D eigenvalue weighted by Crippen LogP contribution is 2.26. The highest BCUT2D eigenvalue weighted by Gasteiger charge is 2.30. The van der Waals surface area contributed by atoms with E-state index in [0.717, 1.165) is 31.4 Å². The SMILES string of the molecule is CN=C(NCCC(=O)NC1CCCCC1)NC1CCN(C2CCCC2)C1.I. The fourth-order valence-corrected chi connectivity index (χ4v) is 4.74. The summed E-state index contributed by atoms with van der Waals surface area (Å²) in [5.41, 5.74) is 0. The second kappa shape index (κ2) is 12.1. The Morgan fingerprint density at radius 2 is 1.67 bits per heavy atom. The first-order valence-corrected chi connectivity index (χ1v) is 10.7. The Morgan fingerprint density at radius 1 is 0.963 bits per heavy atom. The molecule has 0 aromatic heterocycles. The van der Waals surface area contributed by atoms with E-state index in [9.17, 15) is 4.79 Å². The van der Waals surface area contributed by atoms with E-state index >= 15 is 0 Å². The molecular weight excluding hydrogens is 453 g/mol. The van der Waals surface area contributed by atoms with E-state index in [1.165, 1.54) is 57.9 Å². The zero-order valence-corrected chi connectivity index (χ0v) is 19.2. The van der Waals surface area contributed by atoms with Crippen molar-refractivity contribution in [3.05, 3.63) is 0 Å². The van der Waals surface area contributed by atoms with Gasteiger partial charge in [0.1, 0.15) is 0 Å². The summed E-state index contributed by atoms with van der Waals surface area (Å²) in [6.45, 7) is 2.95. The van der Waals surface area contributed by atoms with Gasteiger partial charge in [0.2, 0.25) is 5.91 Å². The molecule has 1 atom stereocenters. The molecule has 6 nitrogen and oxygen atoms in total. The predicted octanol–water partition coefficient (Wildman–Crippen LogP) is 2.63. The predicted molar refractivity (Wildman–Crippen MR) is 122 cm³/mol. The Hall–Kier alpha value is -0.570. The van der Waals surface area contributed by atoms with Crippen molar-refractivity contribution >= 4 is 35.8 Å². The molecule has 0 spiro atoms. The van der Waals surface area contributed by atoms with Gasteiger partial charge in [0.25, 0.3) is 0 Å². The third-order valence-electron chi connectivity index (χ3n) is 6.24. The summed E-state index contributed by atoms with van der Waals surface area (Å²) in [5, 5.41) is 10.0. The monoisotopic (exact) mass is 491 g/mol. The molecule has 156 valence electrons. The van der Waals surface area contributed by atoms with Gasteiger partial charge in [-0.2, -0.15) is 0 Å². The number of carbonyl (C=O) groups excluding carboxylic acids is 1. The number of amides is 1. The number of halogens is 1. The summed E-state index contributed by atoms with van der Waals surface area (Å²) in [6.07, 6.45) is 13.3. The fourth-order valence-electron chi connectivity index (χ4n) is 4.74. The molecule has 7 heteroatoms. The molecule has 1 aliphatic heterocycles. The van der Waals surface area contributed by atoms with Crippen LogP contribution in [0.5, 0.6) is 0 Å². The molecule has 0 aromatic rings. The summed E-state index contributed by atoms with van der Waals surface area (Å²) in [6, 6.07) is 1.67. The number of nitrogens with one attached hydrogen (secondary N) is 3. The Morgan fingerprint density at radius 3 is 2.37 bits per heavy atom. The van der Waals surface area contributed by atoms with Crippen LogP contribution in [0.3, 0.4) is 0 Å². The van der Waals surface area contributed by atoms with Crippen molar-refractivity contribution < 1.29 is 4.79 Å². The van der Waals surface area contributed by atoms with Gasteiger partial charge in [-0.3, -0.25) is 14.7 Å². The van der Waals surface area contributed by atoms with Crippen LogP contribution in [-0.4, -0.2) is 61.6 Å². The Kier molecular flexibility index (Phi) is 10.2. The largest absolute Gasteiger partial charge is 0.356 e. The maximum atomic E-state index is 12.1. The standard InChI is InChI=1S/C20H37N5O.HI/c1-21-20(22-13-11-19(26)23-16-7-3-2-4-8-16)24-17-12-14-25(15-17)18-9-5-6-10-18;/h16-18H,2-15H2,1H3,(H,23,26)(H2,21,22,24);1H. The smallest absolute Gasteiger partial charge is 0.221 e. The lowest BCUT2D eigenvalue weighted by Gasteiger charge is -2.24. The number of hydrogen-bond acceptors (Lipinski definition) is 3. The van der Waals surface area contributed by atoms with E-state index in [-0.39, 0.29) is 29.9 Å². The highest BCUT2D eigenvalue weighted by atomic mass is 127. The number of aliphatic imine (C=N–C) groups is 1. The van der Waals surface area contributed by atoms with E-state index in [0.29, 0.717) is 25.0 Å². The van der Waals surface area contributed by atoms with Crippen LogP contribution in [-0.2, 0) is 4.79 Å². The maximum absolute atomic E-state index is 12.1. The molecule has 3 rings (SSSR count). The number of carbonyl (C=O) groups is 1. The normalized spacial score (nSPS) is 25.2. The minimum Gasteiger partial charge on any atom is -0.356 e. The van der Waals surface area contributed by atoms with Gasteiger partial charge in [-0.1, -0.05) is 32.1 Å². The average Bonchev–Trinajstić information content (AvgIpc) is 3.33. The van der Waals surface area contributed by atoms with Crippen LogP contribution in [0.1, 0.15) is 70.6 Å². The van der Waals surface area contributed by atoms with Gasteiger partial charge >= 0.3 is 0 Å². The van der Waals surface area contributed by atoms with Crippen LogP contribution in [0.25, 0.3) is 0 Å². The molecule has 1 amide bonds. The van der Waals surface area contributed by atoms with Crippen LogP contribution in [0.2, 0.25) is 0 Å². The van der Waals surface area contributed by atoms with Crippen molar-refractivity contribution in [2.24, 2.45) is 4.99 Å². The van der Waals surface area contributed by atoms with Crippen LogP contribution >= 0.6 is 24.0 Å². The Balaban J connectivity index is 0.00000261. The molecule has 27 heavy (non-hydrogen) atoms. The van der Waals surface area contributed by atoms with Crippen LogP contribution in [0.4, 0.5) is 0 Å². The van der Waals surface area contributed by atoms with Gasteiger partial charge in [0.15, 0.2) is 5.96 Å². The lowest BCUT2D eigenvalue weighted by molar-refractivity contribution is -0.121. The number of hydrogen-bond donors (Lipinski definition) is 3. The fraction of sp³-hybridized carbons (Fsp3) is 0.900. The molecule has 1 heterocycles. The molecule has 0 bridgehead atoms. The Bertz CT molecular complexity index is 475. The third kappa shape index (κ3) is 7.40. The van der Waals surface area contributed by atoms with Gasteiger partial charge < -0.3 is 16.0 Å². The van der Waals surface area contributed by atoms with E-state index in [1.807, 2.05) is 0 Å². The van der Waals surface area contributed by atoms with Crippen molar-refractivity contribution in [1.82, 2.24) is 20.9 Å². The average molecular weight is 491 g/mol. The first-order valence-electron chi connectivity index (χ1n) is 10.7. The molecule has 0 aromatic carbocycles. The molecule has 0 radical (unpaired) electrons. The number of nitrogens with zero attached hydrogens (tertiary/aromatic N) is 2. The number of guanidine groups is 1. The summed E-state index contributed by atoms with van der Waals surface area (Å²) in [5.74, 6) is 0.988. The topological polar surface area (TPSA) is 68.8 Å². The summed E-state index contributed by atoms with van der Waals surface area (Å²) in [7, 11) is 1.81. The van der Waals surface area contributed by atoms with Crippen molar-refractivity contribution in [3.63, 3.8) is 0 Å². The third-order valence-corrected chi connectivity index (χ3v) is 6.24. The highest BCUT2D eigenvalue weighted by molar-refractivity contribution is 14.0. The summed E-state index contributed by atoms with van der Waals surface area (Å²) in [4.78, 5) is 19.1. The van der Waals surface area contributed by atoms with Crippen LogP contribution in [0, 0.1) is 0 Å². The van der Waals surface area contributed by atoms with Gasteiger partial charge in [-0.15, -0.1) is 24.0 Å². The van der Waals surface area contributed by atoms with Crippen LogP contribution in [0.15, 0.2) is 4.99 Å². The Labute approximate surface area is 181 Å². The second-order valence-electron chi connectivity index (χ2n) is 8.21. The van der Waals surface area contributed by atoms with Crippen molar-refractivity contribution in [2.75, 3.05) is 26.7 Å². The van der Waals surface area contributed by atoms with E-state index in [4.69, 9.17) is 0 Å². The minimum atomic E-state index is 0. The summed E-state index contributed by atoms with van der Waals surface area (Å²) < 4.78 is 0. The molecule has 3 N–H and O–H groups in total. The van der Waals surface area contributed by atoms with Gasteiger partial charge in [0, 0.05) is 51.2 Å². The van der Waals surface area contributed by atoms with E-state index in [2.05, 4.69) is 25.8 Å². The molecule has 3 aliphatic rings. The first kappa shape index (κ1) is 22.7. The van der Waals surface area contributed by atoms with E-state index in [1.54, 1.807) is 7.05 Å². The molecule has 1 saturated heterocycles. The zero-order chi connectivity index (χ0) is 18.2. The van der Waals surface area contributed by atoms with Crippen LogP contribution < -0.4 is 16.0 Å². The quantitative estimate of drug-likeness (QED) is 0.304. The first-order chi connectivity index (χ1) is 12.7.